The van der Waals surface area contributed by atoms with Crippen molar-refractivity contribution in [3.05, 3.63) is 30.3 Å². The molecule has 0 aromatic heterocycles. The number of carbonyl (C=O) groups excluding carboxylic acids is 1. The van der Waals surface area contributed by atoms with Gasteiger partial charge in [0.1, 0.15) is 0 Å². The third-order valence-corrected chi connectivity index (χ3v) is 3.64. The van der Waals surface area contributed by atoms with Crippen molar-refractivity contribution in [3.8, 4) is 0 Å². The normalized spacial score (nSPS) is 32.5. The first-order chi connectivity index (χ1) is 7.27. The SMILES string of the molecule is NC(=O)[C@@H]1[C@@H]2CN(c3ccccc3)C[C@@H]21. The molecular formula is C12H14N2O. The van der Waals surface area contributed by atoms with Gasteiger partial charge in [0.2, 0.25) is 5.91 Å². The summed E-state index contributed by atoms with van der Waals surface area (Å²) in [6, 6.07) is 10.3. The smallest absolute Gasteiger partial charge is 0.221 e. The van der Waals surface area contributed by atoms with Crippen LogP contribution in [0.3, 0.4) is 0 Å². The van der Waals surface area contributed by atoms with Crippen molar-refractivity contribution < 1.29 is 4.79 Å². The number of rotatable bonds is 2. The van der Waals surface area contributed by atoms with Crippen molar-refractivity contribution in [2.75, 3.05) is 18.0 Å². The molecule has 1 heterocycles. The van der Waals surface area contributed by atoms with Gasteiger partial charge in [-0.15, -0.1) is 0 Å². The highest BCUT2D eigenvalue weighted by atomic mass is 16.1. The van der Waals surface area contributed by atoms with Crippen molar-refractivity contribution in [3.63, 3.8) is 0 Å². The number of primary amides is 1. The Morgan fingerprint density at radius 3 is 2.33 bits per heavy atom. The van der Waals surface area contributed by atoms with E-state index < -0.39 is 0 Å². The fourth-order valence-electron chi connectivity index (χ4n) is 2.80. The van der Waals surface area contributed by atoms with Gasteiger partial charge in [0.05, 0.1) is 0 Å². The topological polar surface area (TPSA) is 46.3 Å². The van der Waals surface area contributed by atoms with Crippen LogP contribution < -0.4 is 10.6 Å². The lowest BCUT2D eigenvalue weighted by Crippen LogP contribution is -2.28. The van der Waals surface area contributed by atoms with Crippen LogP contribution in [-0.4, -0.2) is 19.0 Å². The highest BCUT2D eigenvalue weighted by Gasteiger charge is 2.58. The van der Waals surface area contributed by atoms with Crippen molar-refractivity contribution >= 4 is 11.6 Å². The Morgan fingerprint density at radius 2 is 1.80 bits per heavy atom. The average molecular weight is 202 g/mol. The van der Waals surface area contributed by atoms with Gasteiger partial charge in [-0.3, -0.25) is 4.79 Å². The largest absolute Gasteiger partial charge is 0.371 e. The summed E-state index contributed by atoms with van der Waals surface area (Å²) in [4.78, 5) is 13.4. The molecule has 3 nitrogen and oxygen atoms in total. The summed E-state index contributed by atoms with van der Waals surface area (Å²) in [7, 11) is 0. The number of carbonyl (C=O) groups is 1. The molecule has 3 heteroatoms. The second-order valence-corrected chi connectivity index (χ2v) is 4.50. The number of piperidine rings is 1. The lowest BCUT2D eigenvalue weighted by Gasteiger charge is -2.21. The molecule has 3 atom stereocenters. The van der Waals surface area contributed by atoms with Gasteiger partial charge in [0, 0.05) is 24.7 Å². The molecule has 3 rings (SSSR count). The maximum Gasteiger partial charge on any atom is 0.221 e. The number of anilines is 1. The predicted molar refractivity (Wildman–Crippen MR) is 58.3 cm³/mol. The van der Waals surface area contributed by atoms with Crippen LogP contribution in [0.25, 0.3) is 0 Å². The summed E-state index contributed by atoms with van der Waals surface area (Å²) >= 11 is 0. The standard InChI is InChI=1S/C12H14N2O/c13-12(15)11-9-6-14(7-10(9)11)8-4-2-1-3-5-8/h1-5,9-11H,6-7H2,(H2,13,15)/t9-,10+,11-. The minimum Gasteiger partial charge on any atom is -0.371 e. The molecule has 2 fully saturated rings. The number of nitrogens with two attached hydrogens (primary N) is 1. The fraction of sp³-hybridized carbons (Fsp3) is 0.417. The number of amides is 1. The van der Waals surface area contributed by atoms with E-state index in [4.69, 9.17) is 5.73 Å². The van der Waals surface area contributed by atoms with E-state index in [0.29, 0.717) is 11.8 Å². The number of benzene rings is 1. The number of hydrogen-bond acceptors (Lipinski definition) is 2. The summed E-state index contributed by atoms with van der Waals surface area (Å²) in [5.41, 5.74) is 6.57. The number of fused-ring (bicyclic) bond motifs is 1. The Bertz CT molecular complexity index is 378. The molecule has 0 radical (unpaired) electrons. The highest BCUT2D eigenvalue weighted by molar-refractivity contribution is 5.81. The van der Waals surface area contributed by atoms with E-state index >= 15 is 0 Å². The Balaban J connectivity index is 1.70. The summed E-state index contributed by atoms with van der Waals surface area (Å²) in [5.74, 6) is 1.08. The van der Waals surface area contributed by atoms with E-state index in [-0.39, 0.29) is 11.8 Å². The van der Waals surface area contributed by atoms with Gasteiger partial charge in [0.25, 0.3) is 0 Å². The zero-order valence-corrected chi connectivity index (χ0v) is 8.47. The summed E-state index contributed by atoms with van der Waals surface area (Å²) in [6.07, 6.45) is 0. The Hall–Kier alpha value is -1.51. The van der Waals surface area contributed by atoms with Gasteiger partial charge in [-0.2, -0.15) is 0 Å². The van der Waals surface area contributed by atoms with E-state index in [1.165, 1.54) is 5.69 Å². The molecule has 0 bridgehead atoms. The van der Waals surface area contributed by atoms with Crippen LogP contribution in [0, 0.1) is 17.8 Å². The van der Waals surface area contributed by atoms with Crippen molar-refractivity contribution in [1.29, 1.82) is 0 Å². The monoisotopic (exact) mass is 202 g/mol. The zero-order chi connectivity index (χ0) is 10.4. The van der Waals surface area contributed by atoms with E-state index in [9.17, 15) is 4.79 Å². The van der Waals surface area contributed by atoms with Crippen molar-refractivity contribution in [2.45, 2.75) is 0 Å². The first-order valence-electron chi connectivity index (χ1n) is 5.36. The second-order valence-electron chi connectivity index (χ2n) is 4.50. The van der Waals surface area contributed by atoms with Crippen LogP contribution in [0.5, 0.6) is 0 Å². The minimum absolute atomic E-state index is 0.113. The van der Waals surface area contributed by atoms with E-state index in [1.807, 2.05) is 18.2 Å². The molecule has 1 aromatic carbocycles. The van der Waals surface area contributed by atoms with Gasteiger partial charge < -0.3 is 10.6 Å². The maximum absolute atomic E-state index is 11.0. The minimum atomic E-state index is -0.113. The fourth-order valence-corrected chi connectivity index (χ4v) is 2.80. The predicted octanol–water partition coefficient (Wildman–Crippen LogP) is 0.854. The molecule has 1 aliphatic carbocycles. The maximum atomic E-state index is 11.0. The molecule has 78 valence electrons. The van der Waals surface area contributed by atoms with Gasteiger partial charge in [0.15, 0.2) is 0 Å². The summed E-state index contributed by atoms with van der Waals surface area (Å²) in [5, 5.41) is 0. The van der Waals surface area contributed by atoms with Gasteiger partial charge >= 0.3 is 0 Å². The molecule has 2 aliphatic rings. The van der Waals surface area contributed by atoms with Crippen molar-refractivity contribution in [2.24, 2.45) is 23.5 Å². The van der Waals surface area contributed by atoms with Crippen LogP contribution in [0.2, 0.25) is 0 Å². The average Bonchev–Trinajstić information content (AvgIpc) is 2.77. The number of para-hydroxylation sites is 1. The molecule has 1 amide bonds. The summed E-state index contributed by atoms with van der Waals surface area (Å²) < 4.78 is 0. The molecule has 1 saturated carbocycles. The van der Waals surface area contributed by atoms with Gasteiger partial charge in [-0.05, 0) is 24.0 Å². The van der Waals surface area contributed by atoms with E-state index in [0.717, 1.165) is 13.1 Å². The van der Waals surface area contributed by atoms with Crippen LogP contribution in [0.1, 0.15) is 0 Å². The summed E-state index contributed by atoms with van der Waals surface area (Å²) in [6.45, 7) is 1.98. The molecule has 1 aromatic rings. The van der Waals surface area contributed by atoms with Gasteiger partial charge in [-0.1, -0.05) is 18.2 Å². The third-order valence-electron chi connectivity index (χ3n) is 3.64. The zero-order valence-electron chi connectivity index (χ0n) is 8.47. The molecular weight excluding hydrogens is 188 g/mol. The van der Waals surface area contributed by atoms with Crippen LogP contribution in [0.15, 0.2) is 30.3 Å². The molecule has 0 spiro atoms. The first kappa shape index (κ1) is 8.77. The lowest BCUT2D eigenvalue weighted by atomic mass is 10.2. The first-order valence-corrected chi connectivity index (χ1v) is 5.36. The molecule has 15 heavy (non-hydrogen) atoms. The van der Waals surface area contributed by atoms with Crippen LogP contribution >= 0.6 is 0 Å². The van der Waals surface area contributed by atoms with E-state index in [2.05, 4.69) is 17.0 Å². The number of nitrogens with zero attached hydrogens (tertiary/aromatic N) is 1. The highest BCUT2D eigenvalue weighted by Crippen LogP contribution is 2.52. The lowest BCUT2D eigenvalue weighted by molar-refractivity contribution is -0.119. The second kappa shape index (κ2) is 2.99. The van der Waals surface area contributed by atoms with Gasteiger partial charge in [-0.25, -0.2) is 0 Å². The van der Waals surface area contributed by atoms with E-state index in [1.54, 1.807) is 0 Å². The quantitative estimate of drug-likeness (QED) is 0.773. The van der Waals surface area contributed by atoms with Crippen LogP contribution in [0.4, 0.5) is 5.69 Å². The van der Waals surface area contributed by atoms with Crippen molar-refractivity contribution in [1.82, 2.24) is 0 Å². The third kappa shape index (κ3) is 1.30. The Kier molecular flexibility index (Phi) is 1.75. The van der Waals surface area contributed by atoms with Crippen LogP contribution in [-0.2, 0) is 4.79 Å². The molecule has 1 aliphatic heterocycles. The number of hydrogen-bond donors (Lipinski definition) is 1. The molecule has 0 unspecified atom stereocenters. The Morgan fingerprint density at radius 1 is 1.20 bits per heavy atom. The molecule has 2 N–H and O–H groups in total. The Labute approximate surface area is 88.9 Å². The molecule has 1 saturated heterocycles.